The Morgan fingerprint density at radius 3 is 2.18 bits per heavy atom. The van der Waals surface area contributed by atoms with Crippen LogP contribution in [0.15, 0.2) is 0 Å². The van der Waals surface area contributed by atoms with Gasteiger partial charge in [0.05, 0.1) is 18.8 Å². The quantitative estimate of drug-likeness (QED) is 0.439. The second kappa shape index (κ2) is 11.1. The monoisotopic (exact) mass is 534 g/mol. The number of carbonyl (C=O) groups excluding carboxylic acids is 2. The lowest BCUT2D eigenvalue weighted by Gasteiger charge is -2.62. The molecule has 0 aromatic carbocycles. The van der Waals surface area contributed by atoms with Crippen LogP contribution in [-0.4, -0.2) is 82.3 Å². The topological polar surface area (TPSA) is 118 Å². The van der Waals surface area contributed by atoms with Gasteiger partial charge in [-0.05, 0) is 104 Å². The highest BCUT2D eigenvalue weighted by Gasteiger charge is 2.62. The lowest BCUT2D eigenvalue weighted by atomic mass is 9.43. The van der Waals surface area contributed by atoms with E-state index in [-0.39, 0.29) is 47.9 Å². The Morgan fingerprint density at radius 2 is 1.50 bits per heavy atom. The summed E-state index contributed by atoms with van der Waals surface area (Å²) < 4.78 is 0. The van der Waals surface area contributed by atoms with Crippen molar-refractivity contribution in [2.24, 2.45) is 46.3 Å². The molecule has 38 heavy (non-hydrogen) atoms. The van der Waals surface area contributed by atoms with Gasteiger partial charge in [0.2, 0.25) is 11.8 Å². The van der Waals surface area contributed by atoms with E-state index in [1.807, 2.05) is 0 Å². The van der Waals surface area contributed by atoms with Crippen molar-refractivity contribution >= 4 is 17.8 Å². The number of carboxylic acids is 1. The Hall–Kier alpha value is -1.67. The van der Waals surface area contributed by atoms with Crippen LogP contribution >= 0.6 is 0 Å². The Kier molecular flexibility index (Phi) is 8.54. The van der Waals surface area contributed by atoms with Gasteiger partial charge in [-0.25, -0.2) is 0 Å². The largest absolute Gasteiger partial charge is 0.480 e. The fraction of sp³-hybridized carbons (Fsp3) is 0.900. The van der Waals surface area contributed by atoms with E-state index in [9.17, 15) is 24.6 Å². The molecule has 3 unspecified atom stereocenters. The van der Waals surface area contributed by atoms with Crippen molar-refractivity contribution in [3.05, 3.63) is 0 Å². The first kappa shape index (κ1) is 29.3. The number of nitrogens with zero attached hydrogens (tertiary/aromatic N) is 2. The average molecular weight is 535 g/mol. The summed E-state index contributed by atoms with van der Waals surface area (Å²) in [5.74, 6) is 1.14. The van der Waals surface area contributed by atoms with E-state index in [4.69, 9.17) is 5.11 Å². The Labute approximate surface area is 228 Å². The van der Waals surface area contributed by atoms with Gasteiger partial charge in [0, 0.05) is 20.5 Å². The standard InChI is InChI=1S/C30H50N2O6/c1-18(6-9-25(35)31(4)16-26(36)32(5)17-27(37)38)21-7-8-22-28-23(11-13-30(21,22)3)29(2)12-10-20(33)14-19(29)15-24(28)34/h18-24,28,33-34H,6-17H2,1-5H3,(H,37,38)/t18-,19+,20-,21-,22?,23?,24+,28?,29+,30-/m1/s1. The molecule has 8 nitrogen and oxygen atoms in total. The Bertz CT molecular complexity index is 911. The van der Waals surface area contributed by atoms with E-state index in [1.165, 1.54) is 18.4 Å². The van der Waals surface area contributed by atoms with Crippen LogP contribution in [0.4, 0.5) is 0 Å². The number of aliphatic carboxylic acids is 1. The van der Waals surface area contributed by atoms with Crippen LogP contribution in [-0.2, 0) is 14.4 Å². The molecule has 3 N–H and O–H groups in total. The third-order valence-electron chi connectivity index (χ3n) is 11.8. The van der Waals surface area contributed by atoms with Crippen molar-refractivity contribution in [3.63, 3.8) is 0 Å². The number of aliphatic hydroxyl groups is 2. The minimum Gasteiger partial charge on any atom is -0.480 e. The molecular formula is C30H50N2O6. The fourth-order valence-corrected chi connectivity index (χ4v) is 9.62. The van der Waals surface area contributed by atoms with E-state index in [1.54, 1.807) is 7.05 Å². The van der Waals surface area contributed by atoms with Gasteiger partial charge in [0.1, 0.15) is 6.54 Å². The molecular weight excluding hydrogens is 484 g/mol. The van der Waals surface area contributed by atoms with Gasteiger partial charge in [-0.15, -0.1) is 0 Å². The molecule has 0 heterocycles. The van der Waals surface area contributed by atoms with E-state index in [0.717, 1.165) is 56.3 Å². The molecule has 0 radical (unpaired) electrons. The Morgan fingerprint density at radius 1 is 0.868 bits per heavy atom. The van der Waals surface area contributed by atoms with Gasteiger partial charge in [0.15, 0.2) is 0 Å². The molecule has 216 valence electrons. The first-order valence-corrected chi connectivity index (χ1v) is 14.8. The maximum absolute atomic E-state index is 12.8. The number of hydrogen-bond donors (Lipinski definition) is 3. The number of hydrogen-bond acceptors (Lipinski definition) is 5. The summed E-state index contributed by atoms with van der Waals surface area (Å²) >= 11 is 0. The number of carboxylic acid groups (broad SMARTS) is 1. The highest BCUT2D eigenvalue weighted by molar-refractivity contribution is 5.86. The van der Waals surface area contributed by atoms with Crippen LogP contribution in [0, 0.1) is 46.3 Å². The molecule has 0 saturated heterocycles. The van der Waals surface area contributed by atoms with Crippen molar-refractivity contribution in [2.45, 2.75) is 97.2 Å². The number of amides is 2. The molecule has 0 aliphatic heterocycles. The summed E-state index contributed by atoms with van der Waals surface area (Å²) in [6.45, 7) is 6.66. The predicted octanol–water partition coefficient (Wildman–Crippen LogP) is 3.39. The highest BCUT2D eigenvalue weighted by Crippen LogP contribution is 2.68. The predicted molar refractivity (Wildman–Crippen MR) is 144 cm³/mol. The molecule has 0 aromatic heterocycles. The van der Waals surface area contributed by atoms with Crippen molar-refractivity contribution in [2.75, 3.05) is 27.2 Å². The van der Waals surface area contributed by atoms with Gasteiger partial charge < -0.3 is 25.1 Å². The van der Waals surface area contributed by atoms with Gasteiger partial charge in [0.25, 0.3) is 0 Å². The van der Waals surface area contributed by atoms with Gasteiger partial charge >= 0.3 is 5.97 Å². The van der Waals surface area contributed by atoms with Crippen LogP contribution in [0.2, 0.25) is 0 Å². The number of carbonyl (C=O) groups is 3. The second-order valence-corrected chi connectivity index (χ2v) is 13.9. The highest BCUT2D eigenvalue weighted by atomic mass is 16.4. The molecule has 4 saturated carbocycles. The summed E-state index contributed by atoms with van der Waals surface area (Å²) in [5, 5.41) is 30.6. The summed E-state index contributed by atoms with van der Waals surface area (Å²) in [6.07, 6.45) is 8.86. The van der Waals surface area contributed by atoms with E-state index in [2.05, 4.69) is 20.8 Å². The lowest BCUT2D eigenvalue weighted by molar-refractivity contribution is -0.174. The fourth-order valence-electron chi connectivity index (χ4n) is 9.62. The Balaban J connectivity index is 1.36. The maximum Gasteiger partial charge on any atom is 0.323 e. The summed E-state index contributed by atoms with van der Waals surface area (Å²) in [7, 11) is 3.04. The number of aliphatic hydroxyl groups excluding tert-OH is 2. The van der Waals surface area contributed by atoms with E-state index >= 15 is 0 Å². The maximum atomic E-state index is 12.8. The molecule has 10 atom stereocenters. The van der Waals surface area contributed by atoms with Crippen molar-refractivity contribution < 1.29 is 29.7 Å². The second-order valence-electron chi connectivity index (χ2n) is 13.9. The molecule has 0 bridgehead atoms. The molecule has 0 spiro atoms. The van der Waals surface area contributed by atoms with Crippen molar-refractivity contribution in [1.82, 2.24) is 9.80 Å². The molecule has 4 fully saturated rings. The molecule has 8 heteroatoms. The summed E-state index contributed by atoms with van der Waals surface area (Å²) in [6, 6.07) is 0. The van der Waals surface area contributed by atoms with Gasteiger partial charge in [-0.1, -0.05) is 20.8 Å². The number of rotatable bonds is 8. The zero-order valence-corrected chi connectivity index (χ0v) is 24.1. The van der Waals surface area contributed by atoms with Crippen LogP contribution < -0.4 is 0 Å². The number of fused-ring (bicyclic) bond motifs is 5. The smallest absolute Gasteiger partial charge is 0.323 e. The van der Waals surface area contributed by atoms with Crippen LogP contribution in [0.3, 0.4) is 0 Å². The third kappa shape index (κ3) is 5.36. The zero-order valence-electron chi connectivity index (χ0n) is 24.1. The van der Waals surface area contributed by atoms with Crippen molar-refractivity contribution in [3.8, 4) is 0 Å². The SMILES string of the molecule is C[C@H](CCC(=O)N(C)CC(=O)N(C)CC(=O)O)[C@H]1CCC2C3C(CC[C@@]21C)[C@@]1(C)CC[C@@H](O)C[C@H]1C[C@@H]3O. The van der Waals surface area contributed by atoms with Gasteiger partial charge in [-0.2, -0.15) is 0 Å². The molecule has 4 aliphatic carbocycles. The van der Waals surface area contributed by atoms with E-state index < -0.39 is 5.97 Å². The summed E-state index contributed by atoms with van der Waals surface area (Å²) in [5.41, 5.74) is 0.393. The average Bonchev–Trinajstić information content (AvgIpc) is 3.20. The van der Waals surface area contributed by atoms with Crippen LogP contribution in [0.1, 0.15) is 85.0 Å². The molecule has 4 aliphatic rings. The molecule has 0 aromatic rings. The van der Waals surface area contributed by atoms with Crippen molar-refractivity contribution in [1.29, 1.82) is 0 Å². The minimum absolute atomic E-state index is 0.0847. The lowest BCUT2D eigenvalue weighted by Crippen LogP contribution is -2.58. The summed E-state index contributed by atoms with van der Waals surface area (Å²) in [4.78, 5) is 38.5. The molecule has 4 rings (SSSR count). The van der Waals surface area contributed by atoms with Gasteiger partial charge in [-0.3, -0.25) is 14.4 Å². The third-order valence-corrected chi connectivity index (χ3v) is 11.8. The minimum atomic E-state index is -1.08. The normalized spacial score (nSPS) is 40.9. The van der Waals surface area contributed by atoms with E-state index in [0.29, 0.717) is 41.9 Å². The van der Waals surface area contributed by atoms with Crippen LogP contribution in [0.5, 0.6) is 0 Å². The van der Waals surface area contributed by atoms with Crippen LogP contribution in [0.25, 0.3) is 0 Å². The molecule has 2 amide bonds. The first-order valence-electron chi connectivity index (χ1n) is 14.8. The number of likely N-dealkylation sites (N-methyl/N-ethyl adjacent to an activating group) is 2. The zero-order chi connectivity index (χ0) is 28.0. The first-order chi connectivity index (χ1) is 17.8.